The molecule has 0 aliphatic carbocycles. The number of amides is 2. The molecule has 184 valence electrons. The topological polar surface area (TPSA) is 104 Å². The molecule has 0 heterocycles. The van der Waals surface area contributed by atoms with Gasteiger partial charge < -0.3 is 16.0 Å². The van der Waals surface area contributed by atoms with E-state index in [4.69, 9.17) is 23.2 Å². The first-order valence-electron chi connectivity index (χ1n) is 10.8. The van der Waals surface area contributed by atoms with Crippen molar-refractivity contribution >= 4 is 56.2 Å². The van der Waals surface area contributed by atoms with E-state index in [0.29, 0.717) is 23.5 Å². The SMILES string of the molecule is CC(C)CNC(=O)c1ccccc1NC(=O)CNc1ccc(S(=O)(=O)c2ccccc2)c(Cl)c1Cl. The van der Waals surface area contributed by atoms with Crippen LogP contribution in [-0.2, 0) is 14.6 Å². The highest BCUT2D eigenvalue weighted by Gasteiger charge is 2.23. The van der Waals surface area contributed by atoms with Gasteiger partial charge in [-0.2, -0.15) is 0 Å². The van der Waals surface area contributed by atoms with Crippen molar-refractivity contribution in [1.82, 2.24) is 5.32 Å². The second-order valence-electron chi connectivity index (χ2n) is 8.11. The summed E-state index contributed by atoms with van der Waals surface area (Å²) < 4.78 is 25.8. The molecule has 0 fully saturated rings. The van der Waals surface area contributed by atoms with E-state index in [1.807, 2.05) is 13.8 Å². The van der Waals surface area contributed by atoms with Gasteiger partial charge in [0.05, 0.1) is 43.3 Å². The number of carbonyl (C=O) groups excluding carboxylic acids is 2. The van der Waals surface area contributed by atoms with E-state index in [1.165, 1.54) is 24.3 Å². The van der Waals surface area contributed by atoms with Crippen molar-refractivity contribution in [2.24, 2.45) is 5.92 Å². The highest BCUT2D eigenvalue weighted by Crippen LogP contribution is 2.37. The first-order chi connectivity index (χ1) is 16.6. The third-order valence-electron chi connectivity index (χ3n) is 4.95. The lowest BCUT2D eigenvalue weighted by Crippen LogP contribution is -2.29. The fraction of sp³-hybridized carbons (Fsp3) is 0.200. The maximum atomic E-state index is 12.9. The minimum Gasteiger partial charge on any atom is -0.375 e. The van der Waals surface area contributed by atoms with Crippen LogP contribution in [0.25, 0.3) is 0 Å². The average molecular weight is 534 g/mol. The van der Waals surface area contributed by atoms with Gasteiger partial charge in [-0.1, -0.05) is 67.4 Å². The highest BCUT2D eigenvalue weighted by molar-refractivity contribution is 7.91. The largest absolute Gasteiger partial charge is 0.375 e. The van der Waals surface area contributed by atoms with Crippen LogP contribution in [0.4, 0.5) is 11.4 Å². The van der Waals surface area contributed by atoms with Crippen LogP contribution in [0.5, 0.6) is 0 Å². The van der Waals surface area contributed by atoms with Gasteiger partial charge in [0.2, 0.25) is 15.7 Å². The molecule has 3 rings (SSSR count). The Hall–Kier alpha value is -3.07. The van der Waals surface area contributed by atoms with Crippen molar-refractivity contribution in [2.75, 3.05) is 23.7 Å². The number of benzene rings is 3. The Bertz CT molecular complexity index is 1330. The molecule has 0 aliphatic rings. The van der Waals surface area contributed by atoms with E-state index < -0.39 is 15.7 Å². The van der Waals surface area contributed by atoms with Crippen molar-refractivity contribution in [3.8, 4) is 0 Å². The van der Waals surface area contributed by atoms with Crippen molar-refractivity contribution in [1.29, 1.82) is 0 Å². The minimum absolute atomic E-state index is 0.0232. The summed E-state index contributed by atoms with van der Waals surface area (Å²) >= 11 is 12.6. The third kappa shape index (κ3) is 6.54. The molecule has 0 aromatic heterocycles. The molecule has 0 radical (unpaired) electrons. The molecule has 3 aromatic rings. The number of nitrogens with one attached hydrogen (secondary N) is 3. The van der Waals surface area contributed by atoms with Crippen molar-refractivity contribution in [3.05, 3.63) is 82.3 Å². The van der Waals surface area contributed by atoms with Crippen LogP contribution >= 0.6 is 23.2 Å². The zero-order valence-corrected chi connectivity index (χ0v) is 21.5. The van der Waals surface area contributed by atoms with Crippen LogP contribution in [0.1, 0.15) is 24.2 Å². The van der Waals surface area contributed by atoms with E-state index in [2.05, 4.69) is 16.0 Å². The Balaban J connectivity index is 1.71. The quantitative estimate of drug-likeness (QED) is 0.347. The van der Waals surface area contributed by atoms with Crippen LogP contribution < -0.4 is 16.0 Å². The van der Waals surface area contributed by atoms with E-state index in [9.17, 15) is 18.0 Å². The van der Waals surface area contributed by atoms with E-state index in [0.717, 1.165) is 0 Å². The fourth-order valence-corrected chi connectivity index (χ4v) is 5.27. The number of sulfone groups is 1. The van der Waals surface area contributed by atoms with Crippen LogP contribution in [0.3, 0.4) is 0 Å². The number of anilines is 2. The molecule has 3 aromatic carbocycles. The standard InChI is InChI=1S/C25H25Cl2N3O4S/c1-16(2)14-29-25(32)18-10-6-7-11-19(18)30-22(31)15-28-20-12-13-21(24(27)23(20)26)35(33,34)17-8-4-3-5-9-17/h3-13,16,28H,14-15H2,1-2H3,(H,29,32)(H,30,31). The van der Waals surface area contributed by atoms with Gasteiger partial charge in [0.1, 0.15) is 0 Å². The molecule has 0 atom stereocenters. The Kier molecular flexibility index (Phi) is 8.77. The third-order valence-corrected chi connectivity index (χ3v) is 7.75. The summed E-state index contributed by atoms with van der Waals surface area (Å²) in [7, 11) is -3.87. The van der Waals surface area contributed by atoms with E-state index in [-0.39, 0.29) is 38.2 Å². The van der Waals surface area contributed by atoms with Gasteiger partial charge in [0.25, 0.3) is 5.91 Å². The van der Waals surface area contributed by atoms with E-state index in [1.54, 1.807) is 42.5 Å². The van der Waals surface area contributed by atoms with Crippen LogP contribution in [0.2, 0.25) is 10.0 Å². The molecule has 0 aliphatic heterocycles. The summed E-state index contributed by atoms with van der Waals surface area (Å²) in [6.07, 6.45) is 0. The smallest absolute Gasteiger partial charge is 0.253 e. The highest BCUT2D eigenvalue weighted by atomic mass is 35.5. The molecule has 0 saturated heterocycles. The van der Waals surface area contributed by atoms with Crippen LogP contribution in [0.15, 0.2) is 76.5 Å². The predicted molar refractivity (Wildman–Crippen MR) is 139 cm³/mol. The maximum absolute atomic E-state index is 12.9. The molecule has 0 spiro atoms. The first-order valence-corrected chi connectivity index (χ1v) is 13.0. The summed E-state index contributed by atoms with van der Waals surface area (Å²) in [6, 6.07) is 17.4. The summed E-state index contributed by atoms with van der Waals surface area (Å²) in [6.45, 7) is 4.29. The van der Waals surface area contributed by atoms with Gasteiger partial charge in [0.15, 0.2) is 0 Å². The zero-order valence-electron chi connectivity index (χ0n) is 19.1. The zero-order chi connectivity index (χ0) is 25.6. The second kappa shape index (κ2) is 11.6. The summed E-state index contributed by atoms with van der Waals surface area (Å²) in [5.74, 6) is -0.426. The van der Waals surface area contributed by atoms with Crippen molar-refractivity contribution in [3.63, 3.8) is 0 Å². The number of para-hydroxylation sites is 1. The first kappa shape index (κ1) is 26.5. The van der Waals surface area contributed by atoms with Gasteiger partial charge >= 0.3 is 0 Å². The normalized spacial score (nSPS) is 11.2. The molecule has 10 heteroatoms. The van der Waals surface area contributed by atoms with Gasteiger partial charge in [-0.25, -0.2) is 8.42 Å². The molecule has 0 saturated carbocycles. The Labute approximate surface area is 214 Å². The van der Waals surface area contributed by atoms with Crippen molar-refractivity contribution in [2.45, 2.75) is 23.6 Å². The summed E-state index contributed by atoms with van der Waals surface area (Å²) in [5, 5.41) is 8.22. The van der Waals surface area contributed by atoms with Gasteiger partial charge in [-0.05, 0) is 42.3 Å². The maximum Gasteiger partial charge on any atom is 0.253 e. The lowest BCUT2D eigenvalue weighted by atomic mass is 10.1. The Morgan fingerprint density at radius 3 is 2.20 bits per heavy atom. The number of halogens is 2. The van der Waals surface area contributed by atoms with Crippen LogP contribution in [0, 0.1) is 5.92 Å². The molecule has 0 unspecified atom stereocenters. The predicted octanol–water partition coefficient (Wildman–Crippen LogP) is 5.26. The average Bonchev–Trinajstić information content (AvgIpc) is 2.84. The molecular formula is C25H25Cl2N3O4S. The van der Waals surface area contributed by atoms with Gasteiger partial charge in [-0.15, -0.1) is 0 Å². The summed E-state index contributed by atoms with van der Waals surface area (Å²) in [5.41, 5.74) is 1.01. The molecular weight excluding hydrogens is 509 g/mol. The molecule has 7 nitrogen and oxygen atoms in total. The number of hydrogen-bond acceptors (Lipinski definition) is 5. The number of rotatable bonds is 9. The lowest BCUT2D eigenvalue weighted by Gasteiger charge is -2.14. The Morgan fingerprint density at radius 1 is 0.857 bits per heavy atom. The number of hydrogen-bond donors (Lipinski definition) is 3. The molecule has 0 bridgehead atoms. The fourth-order valence-electron chi connectivity index (χ4n) is 3.15. The van der Waals surface area contributed by atoms with Crippen molar-refractivity contribution < 1.29 is 18.0 Å². The Morgan fingerprint density at radius 2 is 1.51 bits per heavy atom. The molecule has 2 amide bonds. The molecule has 3 N–H and O–H groups in total. The van der Waals surface area contributed by atoms with Crippen LogP contribution in [-0.4, -0.2) is 33.3 Å². The second-order valence-corrected chi connectivity index (χ2v) is 10.8. The van der Waals surface area contributed by atoms with Gasteiger partial charge in [0, 0.05) is 6.54 Å². The minimum atomic E-state index is -3.87. The molecule has 35 heavy (non-hydrogen) atoms. The van der Waals surface area contributed by atoms with Gasteiger partial charge in [-0.3, -0.25) is 9.59 Å². The number of carbonyl (C=O) groups is 2. The lowest BCUT2D eigenvalue weighted by molar-refractivity contribution is -0.114. The van der Waals surface area contributed by atoms with E-state index >= 15 is 0 Å². The monoisotopic (exact) mass is 533 g/mol. The summed E-state index contributed by atoms with van der Waals surface area (Å²) in [4.78, 5) is 25.0.